The highest BCUT2D eigenvalue weighted by molar-refractivity contribution is 6.49. The molecule has 2 heteroatoms. The molecule has 1 rings (SSSR count). The van der Waals surface area contributed by atoms with E-state index in [9.17, 15) is 0 Å². The number of hydrogen-bond acceptors (Lipinski definition) is 1. The highest BCUT2D eigenvalue weighted by atomic mass is 28.3. The predicted molar refractivity (Wildman–Crippen MR) is 103 cm³/mol. The molecule has 0 unspecified atom stereocenters. The van der Waals surface area contributed by atoms with Gasteiger partial charge in [0.2, 0.25) is 9.04 Å². The van der Waals surface area contributed by atoms with Gasteiger partial charge in [-0.25, -0.2) is 0 Å². The van der Waals surface area contributed by atoms with Crippen molar-refractivity contribution in [2.75, 3.05) is 0 Å². The Bertz CT molecular complexity index is 509. The molecule has 124 valence electrons. The van der Waals surface area contributed by atoms with Crippen LogP contribution in [0, 0.1) is 0 Å². The topological polar surface area (TPSA) is 9.23 Å². The minimum absolute atomic E-state index is 0.107. The third-order valence-corrected chi connectivity index (χ3v) is 4.54. The lowest BCUT2D eigenvalue weighted by atomic mass is 9.78. The Morgan fingerprint density at radius 2 is 1.73 bits per heavy atom. The lowest BCUT2D eigenvalue weighted by molar-refractivity contribution is 0.536. The van der Waals surface area contributed by atoms with Gasteiger partial charge in [0, 0.05) is 0 Å². The molecular weight excluding hydrogens is 284 g/mol. The standard InChI is InChI=1S/C20H34OSi/c1-9-12-16-14-15(11-3)18(20(4,5)6)17(13-10-2)19(16)21-22(7)8/h11,14,22H,3,9-10,12-13H2,1-2,4-8H3. The predicted octanol–water partition coefficient (Wildman–Crippen LogP) is 5.89. The lowest BCUT2D eigenvalue weighted by Crippen LogP contribution is -2.21. The van der Waals surface area contributed by atoms with E-state index in [0.29, 0.717) is 0 Å². The summed E-state index contributed by atoms with van der Waals surface area (Å²) in [6, 6.07) is 2.32. The Labute approximate surface area is 139 Å². The fraction of sp³-hybridized carbons (Fsp3) is 0.600. The van der Waals surface area contributed by atoms with Crippen LogP contribution >= 0.6 is 0 Å². The van der Waals surface area contributed by atoms with Crippen molar-refractivity contribution < 1.29 is 4.43 Å². The van der Waals surface area contributed by atoms with Gasteiger partial charge in [-0.2, -0.15) is 0 Å². The van der Waals surface area contributed by atoms with Crippen LogP contribution in [0.2, 0.25) is 13.1 Å². The summed E-state index contributed by atoms with van der Waals surface area (Å²) < 4.78 is 6.42. The minimum Gasteiger partial charge on any atom is -0.547 e. The minimum atomic E-state index is -1.13. The summed E-state index contributed by atoms with van der Waals surface area (Å²) in [5.74, 6) is 1.20. The van der Waals surface area contributed by atoms with Crippen LogP contribution in [0.3, 0.4) is 0 Å². The fourth-order valence-corrected chi connectivity index (χ4v) is 3.94. The highest BCUT2D eigenvalue weighted by Crippen LogP contribution is 2.39. The SMILES string of the molecule is C=Cc1cc(CCC)c(O[SiH](C)C)c(CCC)c1C(C)(C)C. The van der Waals surface area contributed by atoms with Crippen LogP contribution in [-0.2, 0) is 18.3 Å². The van der Waals surface area contributed by atoms with E-state index >= 15 is 0 Å². The van der Waals surface area contributed by atoms with Crippen LogP contribution in [0.1, 0.15) is 69.7 Å². The molecule has 0 bridgehead atoms. The van der Waals surface area contributed by atoms with Gasteiger partial charge in [0.25, 0.3) is 0 Å². The zero-order valence-electron chi connectivity index (χ0n) is 15.7. The maximum absolute atomic E-state index is 6.42. The molecule has 0 aliphatic rings. The average molecular weight is 319 g/mol. The van der Waals surface area contributed by atoms with E-state index in [1.807, 2.05) is 6.08 Å². The monoisotopic (exact) mass is 318 g/mol. The van der Waals surface area contributed by atoms with Crippen molar-refractivity contribution in [3.8, 4) is 5.75 Å². The van der Waals surface area contributed by atoms with E-state index in [1.165, 1.54) is 28.0 Å². The van der Waals surface area contributed by atoms with E-state index in [1.54, 1.807) is 0 Å². The number of hydrogen-bond donors (Lipinski definition) is 0. The second-order valence-electron chi connectivity index (χ2n) is 7.43. The molecule has 0 heterocycles. The number of rotatable bonds is 7. The van der Waals surface area contributed by atoms with Gasteiger partial charge in [0.05, 0.1) is 0 Å². The summed E-state index contributed by atoms with van der Waals surface area (Å²) in [6.45, 7) is 20.0. The molecule has 0 amide bonds. The Kier molecular flexibility index (Phi) is 6.92. The van der Waals surface area contributed by atoms with Crippen molar-refractivity contribution in [1.29, 1.82) is 0 Å². The molecule has 0 radical (unpaired) electrons. The zero-order valence-corrected chi connectivity index (χ0v) is 16.8. The van der Waals surface area contributed by atoms with Crippen LogP contribution in [0.15, 0.2) is 12.6 Å². The van der Waals surface area contributed by atoms with Gasteiger partial charge in [-0.3, -0.25) is 0 Å². The first-order chi connectivity index (χ1) is 10.3. The van der Waals surface area contributed by atoms with Crippen molar-refractivity contribution in [2.45, 2.75) is 78.8 Å². The summed E-state index contributed by atoms with van der Waals surface area (Å²) >= 11 is 0. The molecule has 0 aromatic heterocycles. The van der Waals surface area contributed by atoms with Gasteiger partial charge in [-0.15, -0.1) is 0 Å². The Morgan fingerprint density at radius 1 is 1.14 bits per heavy atom. The molecule has 0 aliphatic carbocycles. The molecule has 0 fully saturated rings. The Morgan fingerprint density at radius 3 is 2.14 bits per heavy atom. The molecule has 0 spiro atoms. The maximum Gasteiger partial charge on any atom is 0.229 e. The largest absolute Gasteiger partial charge is 0.547 e. The Hall–Kier alpha value is -1.02. The third-order valence-electron chi connectivity index (χ3n) is 3.83. The van der Waals surface area contributed by atoms with Crippen molar-refractivity contribution in [2.24, 2.45) is 0 Å². The van der Waals surface area contributed by atoms with Gasteiger partial charge >= 0.3 is 0 Å². The quantitative estimate of drug-likeness (QED) is 0.569. The van der Waals surface area contributed by atoms with E-state index < -0.39 is 9.04 Å². The molecule has 1 aromatic rings. The summed E-state index contributed by atoms with van der Waals surface area (Å²) in [5.41, 5.74) is 5.62. The summed E-state index contributed by atoms with van der Waals surface area (Å²) in [5, 5.41) is 0. The summed E-state index contributed by atoms with van der Waals surface area (Å²) in [6.07, 6.45) is 6.48. The first-order valence-electron chi connectivity index (χ1n) is 8.74. The van der Waals surface area contributed by atoms with E-state index in [2.05, 4.69) is 60.4 Å². The molecule has 22 heavy (non-hydrogen) atoms. The van der Waals surface area contributed by atoms with Gasteiger partial charge in [-0.05, 0) is 59.7 Å². The zero-order chi connectivity index (χ0) is 16.9. The third kappa shape index (κ3) is 4.49. The summed E-state index contributed by atoms with van der Waals surface area (Å²) in [4.78, 5) is 0. The second-order valence-corrected chi connectivity index (χ2v) is 9.76. The maximum atomic E-state index is 6.42. The molecule has 0 saturated heterocycles. The molecular formula is C20H34OSi. The molecule has 0 N–H and O–H groups in total. The van der Waals surface area contributed by atoms with Crippen LogP contribution in [0.4, 0.5) is 0 Å². The molecule has 1 nitrogen and oxygen atoms in total. The smallest absolute Gasteiger partial charge is 0.229 e. The molecule has 0 saturated carbocycles. The van der Waals surface area contributed by atoms with Crippen LogP contribution < -0.4 is 4.43 Å². The van der Waals surface area contributed by atoms with Crippen molar-refractivity contribution in [3.05, 3.63) is 34.9 Å². The second kappa shape index (κ2) is 8.01. The van der Waals surface area contributed by atoms with Crippen molar-refractivity contribution in [1.82, 2.24) is 0 Å². The first-order valence-corrected chi connectivity index (χ1v) is 11.5. The molecule has 0 atom stereocenters. The van der Waals surface area contributed by atoms with Gasteiger partial charge in [-0.1, -0.05) is 60.1 Å². The van der Waals surface area contributed by atoms with E-state index in [4.69, 9.17) is 4.43 Å². The average Bonchev–Trinajstić information content (AvgIpc) is 2.40. The fourth-order valence-electron chi connectivity index (χ4n) is 3.18. The number of aryl methyl sites for hydroxylation is 1. The lowest BCUT2D eigenvalue weighted by Gasteiger charge is -2.30. The van der Waals surface area contributed by atoms with E-state index in [0.717, 1.165) is 25.7 Å². The van der Waals surface area contributed by atoms with Crippen LogP contribution in [0.5, 0.6) is 5.75 Å². The molecule has 1 aromatic carbocycles. The van der Waals surface area contributed by atoms with Crippen molar-refractivity contribution >= 4 is 15.1 Å². The van der Waals surface area contributed by atoms with E-state index in [-0.39, 0.29) is 5.41 Å². The van der Waals surface area contributed by atoms with Gasteiger partial charge in [0.1, 0.15) is 5.75 Å². The van der Waals surface area contributed by atoms with Gasteiger partial charge < -0.3 is 4.43 Å². The van der Waals surface area contributed by atoms with Gasteiger partial charge in [0.15, 0.2) is 0 Å². The van der Waals surface area contributed by atoms with Crippen molar-refractivity contribution in [3.63, 3.8) is 0 Å². The first kappa shape index (κ1) is 19.0. The van der Waals surface area contributed by atoms with Crippen LogP contribution in [-0.4, -0.2) is 9.04 Å². The highest BCUT2D eigenvalue weighted by Gasteiger charge is 2.25. The Balaban J connectivity index is 3.70. The molecule has 0 aliphatic heterocycles. The normalized spacial score (nSPS) is 11.8. The summed E-state index contributed by atoms with van der Waals surface area (Å²) in [7, 11) is -1.13. The van der Waals surface area contributed by atoms with Crippen LogP contribution in [0.25, 0.3) is 6.08 Å². The number of benzene rings is 1.